The summed E-state index contributed by atoms with van der Waals surface area (Å²) in [5.74, 6) is 0.308. The van der Waals surface area contributed by atoms with Gasteiger partial charge in [0.2, 0.25) is 0 Å². The molecule has 0 aliphatic rings. The summed E-state index contributed by atoms with van der Waals surface area (Å²) < 4.78 is 18.6. The van der Waals surface area contributed by atoms with Gasteiger partial charge in [0.1, 0.15) is 0 Å². The Morgan fingerprint density at radius 3 is 2.94 bits per heavy atom. The van der Waals surface area contributed by atoms with Gasteiger partial charge in [-0.15, -0.1) is 0 Å². The van der Waals surface area contributed by atoms with Crippen molar-refractivity contribution in [2.45, 2.75) is 20.4 Å². The third-order valence-corrected chi connectivity index (χ3v) is 2.50. The molecule has 0 saturated carbocycles. The fourth-order valence-corrected chi connectivity index (χ4v) is 1.71. The normalized spacial score (nSPS) is 11.5. The van der Waals surface area contributed by atoms with Gasteiger partial charge in [-0.2, -0.15) is 0 Å². The summed E-state index contributed by atoms with van der Waals surface area (Å²) in [4.78, 5) is 0. The van der Waals surface area contributed by atoms with Gasteiger partial charge in [-0.25, -0.2) is 4.39 Å². The highest BCUT2D eigenvalue weighted by atomic mass is 19.1. The largest absolute Gasteiger partial charge is 0.461 e. The lowest BCUT2D eigenvalue weighted by atomic mass is 10.1. The summed E-state index contributed by atoms with van der Waals surface area (Å²) in [6.45, 7) is 5.97. The predicted molar refractivity (Wildman–Crippen MR) is 62.7 cm³/mol. The predicted octanol–water partition coefficient (Wildman–Crippen LogP) is 3.32. The van der Waals surface area contributed by atoms with Crippen molar-refractivity contribution < 1.29 is 8.81 Å². The lowest BCUT2D eigenvalue weighted by Gasteiger charge is -2.05. The third-order valence-electron chi connectivity index (χ3n) is 2.50. The van der Waals surface area contributed by atoms with Crippen molar-refractivity contribution in [1.29, 1.82) is 0 Å². The topological polar surface area (TPSA) is 25.2 Å². The van der Waals surface area contributed by atoms with E-state index in [4.69, 9.17) is 4.42 Å². The Morgan fingerprint density at radius 1 is 1.38 bits per heavy atom. The fourth-order valence-electron chi connectivity index (χ4n) is 1.71. The average molecular weight is 221 g/mol. The minimum Gasteiger partial charge on any atom is -0.461 e. The second-order valence-corrected chi connectivity index (χ2v) is 4.40. The highest BCUT2D eigenvalue weighted by Crippen LogP contribution is 2.23. The van der Waals surface area contributed by atoms with E-state index in [1.807, 2.05) is 6.07 Å². The summed E-state index contributed by atoms with van der Waals surface area (Å²) in [5, 5.41) is 4.17. The van der Waals surface area contributed by atoms with Crippen molar-refractivity contribution >= 4 is 11.0 Å². The van der Waals surface area contributed by atoms with Crippen LogP contribution in [0.3, 0.4) is 0 Å². The standard InChI is InChI=1S/C13H16FNO/c1-9(2)6-15-7-10-8-16-13-11(10)4-3-5-12(13)14/h3-5,8-9,15H,6-7H2,1-2H3. The van der Waals surface area contributed by atoms with Crippen molar-refractivity contribution in [2.75, 3.05) is 6.54 Å². The molecule has 0 unspecified atom stereocenters. The average Bonchev–Trinajstić information content (AvgIpc) is 2.63. The molecule has 1 aromatic heterocycles. The zero-order chi connectivity index (χ0) is 11.5. The molecule has 2 aromatic rings. The van der Waals surface area contributed by atoms with E-state index in [2.05, 4.69) is 19.2 Å². The van der Waals surface area contributed by atoms with Crippen molar-refractivity contribution in [3.05, 3.63) is 35.8 Å². The number of benzene rings is 1. The molecule has 86 valence electrons. The van der Waals surface area contributed by atoms with Crippen molar-refractivity contribution in [3.63, 3.8) is 0 Å². The van der Waals surface area contributed by atoms with Gasteiger partial charge in [0, 0.05) is 17.5 Å². The summed E-state index contributed by atoms with van der Waals surface area (Å²) in [5.41, 5.74) is 1.36. The summed E-state index contributed by atoms with van der Waals surface area (Å²) in [6.07, 6.45) is 1.63. The Kier molecular flexibility index (Phi) is 3.25. The quantitative estimate of drug-likeness (QED) is 0.856. The Morgan fingerprint density at radius 2 is 2.19 bits per heavy atom. The monoisotopic (exact) mass is 221 g/mol. The first-order valence-corrected chi connectivity index (χ1v) is 5.54. The van der Waals surface area contributed by atoms with E-state index < -0.39 is 0 Å². The Hall–Kier alpha value is -1.35. The number of hydrogen-bond acceptors (Lipinski definition) is 2. The van der Waals surface area contributed by atoms with Gasteiger partial charge in [0.15, 0.2) is 11.4 Å². The number of hydrogen-bond donors (Lipinski definition) is 1. The number of para-hydroxylation sites is 1. The molecular formula is C13H16FNO. The van der Waals surface area contributed by atoms with E-state index in [0.29, 0.717) is 18.0 Å². The van der Waals surface area contributed by atoms with Crippen LogP contribution in [0.15, 0.2) is 28.9 Å². The first-order valence-electron chi connectivity index (χ1n) is 5.54. The Balaban J connectivity index is 2.16. The lowest BCUT2D eigenvalue weighted by Crippen LogP contribution is -2.18. The second kappa shape index (κ2) is 4.66. The van der Waals surface area contributed by atoms with E-state index in [1.54, 1.807) is 12.3 Å². The minimum absolute atomic E-state index is 0.299. The number of halogens is 1. The van der Waals surface area contributed by atoms with Gasteiger partial charge in [-0.1, -0.05) is 26.0 Å². The Labute approximate surface area is 94.4 Å². The molecule has 0 aliphatic carbocycles. The van der Waals surface area contributed by atoms with Crippen LogP contribution < -0.4 is 5.32 Å². The van der Waals surface area contributed by atoms with Crippen LogP contribution in [0.25, 0.3) is 11.0 Å². The third kappa shape index (κ3) is 2.25. The van der Waals surface area contributed by atoms with E-state index in [0.717, 1.165) is 17.5 Å². The molecule has 1 N–H and O–H groups in total. The van der Waals surface area contributed by atoms with Crippen molar-refractivity contribution in [1.82, 2.24) is 5.32 Å². The zero-order valence-electron chi connectivity index (χ0n) is 9.59. The molecule has 1 heterocycles. The molecular weight excluding hydrogens is 205 g/mol. The van der Waals surface area contributed by atoms with Gasteiger partial charge in [-0.05, 0) is 18.5 Å². The molecule has 0 bridgehead atoms. The van der Waals surface area contributed by atoms with Crippen LogP contribution in [0.5, 0.6) is 0 Å². The van der Waals surface area contributed by atoms with Crippen LogP contribution >= 0.6 is 0 Å². The zero-order valence-corrected chi connectivity index (χ0v) is 9.59. The molecule has 0 spiro atoms. The molecule has 2 rings (SSSR count). The number of fused-ring (bicyclic) bond motifs is 1. The lowest BCUT2D eigenvalue weighted by molar-refractivity contribution is 0.540. The molecule has 1 aromatic carbocycles. The van der Waals surface area contributed by atoms with Gasteiger partial charge < -0.3 is 9.73 Å². The molecule has 0 amide bonds. The smallest absolute Gasteiger partial charge is 0.169 e. The number of rotatable bonds is 4. The first kappa shape index (κ1) is 11.1. The molecule has 0 fully saturated rings. The minimum atomic E-state index is -0.299. The van der Waals surface area contributed by atoms with E-state index in [1.165, 1.54) is 6.07 Å². The van der Waals surface area contributed by atoms with Crippen LogP contribution in [-0.2, 0) is 6.54 Å². The molecule has 0 saturated heterocycles. The Bertz CT molecular complexity index is 476. The van der Waals surface area contributed by atoms with Gasteiger partial charge in [0.25, 0.3) is 0 Å². The SMILES string of the molecule is CC(C)CNCc1coc2c(F)cccc12. The van der Waals surface area contributed by atoms with E-state index >= 15 is 0 Å². The summed E-state index contributed by atoms with van der Waals surface area (Å²) in [7, 11) is 0. The van der Waals surface area contributed by atoms with Gasteiger partial charge >= 0.3 is 0 Å². The second-order valence-electron chi connectivity index (χ2n) is 4.40. The summed E-state index contributed by atoms with van der Waals surface area (Å²) in [6, 6.07) is 5.00. The molecule has 16 heavy (non-hydrogen) atoms. The van der Waals surface area contributed by atoms with Crippen LogP contribution in [0.4, 0.5) is 4.39 Å². The molecule has 3 heteroatoms. The highest BCUT2D eigenvalue weighted by Gasteiger charge is 2.08. The maximum absolute atomic E-state index is 13.3. The van der Waals surface area contributed by atoms with E-state index in [-0.39, 0.29) is 5.82 Å². The number of nitrogens with one attached hydrogen (secondary N) is 1. The first-order chi connectivity index (χ1) is 7.68. The maximum atomic E-state index is 13.3. The van der Waals surface area contributed by atoms with Gasteiger partial charge in [-0.3, -0.25) is 0 Å². The van der Waals surface area contributed by atoms with Crippen molar-refractivity contribution in [3.8, 4) is 0 Å². The highest BCUT2D eigenvalue weighted by molar-refractivity contribution is 5.81. The molecule has 0 aliphatic heterocycles. The van der Waals surface area contributed by atoms with Crippen LogP contribution in [-0.4, -0.2) is 6.54 Å². The molecule has 2 nitrogen and oxygen atoms in total. The van der Waals surface area contributed by atoms with Crippen LogP contribution in [0, 0.1) is 11.7 Å². The molecule has 0 radical (unpaired) electrons. The number of furan rings is 1. The maximum Gasteiger partial charge on any atom is 0.169 e. The van der Waals surface area contributed by atoms with Crippen LogP contribution in [0.2, 0.25) is 0 Å². The molecule has 0 atom stereocenters. The van der Waals surface area contributed by atoms with Gasteiger partial charge in [0.05, 0.1) is 6.26 Å². The van der Waals surface area contributed by atoms with Crippen molar-refractivity contribution in [2.24, 2.45) is 5.92 Å². The fraction of sp³-hybridized carbons (Fsp3) is 0.385. The van der Waals surface area contributed by atoms with Crippen LogP contribution in [0.1, 0.15) is 19.4 Å². The summed E-state index contributed by atoms with van der Waals surface area (Å²) >= 11 is 0. The van der Waals surface area contributed by atoms with E-state index in [9.17, 15) is 4.39 Å².